The van der Waals surface area contributed by atoms with Crippen LogP contribution in [0.5, 0.6) is 0 Å². The lowest BCUT2D eigenvalue weighted by atomic mass is 10.3. The minimum atomic E-state index is -0.0963. The first-order chi connectivity index (χ1) is 7.13. The van der Waals surface area contributed by atoms with Gasteiger partial charge in [0.1, 0.15) is 0 Å². The first-order valence-electron chi connectivity index (χ1n) is 4.87. The van der Waals surface area contributed by atoms with Crippen molar-refractivity contribution in [3.63, 3.8) is 0 Å². The second kappa shape index (κ2) is 8.46. The molecule has 0 spiro atoms. The van der Waals surface area contributed by atoms with Crippen LogP contribution in [-0.4, -0.2) is 62.5 Å². The maximum absolute atomic E-state index is 8.48. The van der Waals surface area contributed by atoms with Gasteiger partial charge in [-0.1, -0.05) is 5.16 Å². The van der Waals surface area contributed by atoms with Crippen LogP contribution in [0.1, 0.15) is 6.92 Å². The molecule has 0 aromatic rings. The first kappa shape index (κ1) is 14.2. The lowest BCUT2D eigenvalue weighted by molar-refractivity contribution is 0.0590. The lowest BCUT2D eigenvalue weighted by Crippen LogP contribution is -2.42. The fourth-order valence-electron chi connectivity index (χ4n) is 0.956. The van der Waals surface area contributed by atoms with Gasteiger partial charge in [-0.3, -0.25) is 4.90 Å². The Bertz CT molecular complexity index is 187. The Labute approximate surface area is 90.6 Å². The van der Waals surface area contributed by atoms with Gasteiger partial charge in [-0.2, -0.15) is 0 Å². The predicted molar refractivity (Wildman–Crippen MR) is 58.2 cm³/mol. The van der Waals surface area contributed by atoms with Crippen molar-refractivity contribution in [1.82, 2.24) is 4.90 Å². The van der Waals surface area contributed by atoms with Crippen LogP contribution >= 0.6 is 0 Å². The summed E-state index contributed by atoms with van der Waals surface area (Å²) in [6.07, 6.45) is 0. The summed E-state index contributed by atoms with van der Waals surface area (Å²) in [4.78, 5) is 1.95. The summed E-state index contributed by atoms with van der Waals surface area (Å²) in [6, 6.07) is -0.0963. The number of hydrogen-bond donors (Lipinski definition) is 2. The van der Waals surface area contributed by atoms with E-state index in [4.69, 9.17) is 20.4 Å². The fourth-order valence-corrected chi connectivity index (χ4v) is 0.956. The summed E-state index contributed by atoms with van der Waals surface area (Å²) in [5.74, 6) is 0.203. The lowest BCUT2D eigenvalue weighted by Gasteiger charge is -2.23. The molecular weight excluding hydrogens is 198 g/mol. The molecule has 90 valence electrons. The Morgan fingerprint density at radius 3 is 2.67 bits per heavy atom. The molecule has 3 N–H and O–H groups in total. The van der Waals surface area contributed by atoms with E-state index in [9.17, 15) is 0 Å². The number of ether oxygens (including phenoxy) is 2. The quantitative estimate of drug-likeness (QED) is 0.193. The second-order valence-electron chi connectivity index (χ2n) is 3.29. The Kier molecular flexibility index (Phi) is 7.98. The monoisotopic (exact) mass is 219 g/mol. The highest BCUT2D eigenvalue weighted by Gasteiger charge is 2.12. The van der Waals surface area contributed by atoms with E-state index >= 15 is 0 Å². The number of methoxy groups -OCH3 is 1. The Hall–Kier alpha value is -0.850. The molecule has 15 heavy (non-hydrogen) atoms. The van der Waals surface area contributed by atoms with Crippen LogP contribution in [0.2, 0.25) is 0 Å². The van der Waals surface area contributed by atoms with Crippen LogP contribution in [-0.2, 0) is 9.47 Å². The molecule has 0 amide bonds. The van der Waals surface area contributed by atoms with E-state index < -0.39 is 0 Å². The summed E-state index contributed by atoms with van der Waals surface area (Å²) in [7, 11) is 3.53. The standard InChI is InChI=1S/C9H21N3O3/c1-8(9(10)11-13)12(2)4-5-15-7-6-14-3/h8,13H,4-7H2,1-3H3,(H2,10,11). The van der Waals surface area contributed by atoms with E-state index in [1.54, 1.807) is 7.11 Å². The number of nitrogens with zero attached hydrogens (tertiary/aromatic N) is 2. The molecule has 6 nitrogen and oxygen atoms in total. The van der Waals surface area contributed by atoms with Crippen molar-refractivity contribution in [3.8, 4) is 0 Å². The average molecular weight is 219 g/mol. The van der Waals surface area contributed by atoms with E-state index in [1.165, 1.54) is 0 Å². The predicted octanol–water partition coefficient (Wildman–Crippen LogP) is -0.284. The van der Waals surface area contributed by atoms with Gasteiger partial charge in [0.25, 0.3) is 0 Å². The summed E-state index contributed by atoms with van der Waals surface area (Å²) in [5.41, 5.74) is 5.47. The van der Waals surface area contributed by atoms with E-state index in [1.807, 2.05) is 18.9 Å². The molecule has 0 saturated carbocycles. The van der Waals surface area contributed by atoms with E-state index in [0.717, 1.165) is 6.54 Å². The molecule has 0 aliphatic heterocycles. The molecule has 0 heterocycles. The molecule has 0 aliphatic rings. The van der Waals surface area contributed by atoms with Crippen molar-refractivity contribution in [1.29, 1.82) is 0 Å². The van der Waals surface area contributed by atoms with Crippen LogP contribution in [0.15, 0.2) is 5.16 Å². The normalized spacial score (nSPS) is 14.5. The van der Waals surface area contributed by atoms with Crippen LogP contribution < -0.4 is 5.73 Å². The van der Waals surface area contributed by atoms with E-state index in [-0.39, 0.29) is 11.9 Å². The molecule has 0 aromatic heterocycles. The number of hydrogen-bond acceptors (Lipinski definition) is 5. The summed E-state index contributed by atoms with van der Waals surface area (Å²) in [6.45, 7) is 4.37. The minimum Gasteiger partial charge on any atom is -0.409 e. The molecule has 0 saturated heterocycles. The first-order valence-corrected chi connectivity index (χ1v) is 4.87. The third-order valence-corrected chi connectivity index (χ3v) is 2.22. The van der Waals surface area contributed by atoms with Crippen molar-refractivity contribution < 1.29 is 14.7 Å². The largest absolute Gasteiger partial charge is 0.409 e. The molecule has 0 aliphatic carbocycles. The second-order valence-corrected chi connectivity index (χ2v) is 3.29. The maximum atomic E-state index is 8.48. The van der Waals surface area contributed by atoms with Crippen LogP contribution in [0.3, 0.4) is 0 Å². The molecule has 0 aromatic carbocycles. The SMILES string of the molecule is COCCOCCN(C)C(C)C(N)=NO. The van der Waals surface area contributed by atoms with Gasteiger partial charge < -0.3 is 20.4 Å². The van der Waals surface area contributed by atoms with Gasteiger partial charge in [0.15, 0.2) is 5.84 Å². The molecule has 6 heteroatoms. The van der Waals surface area contributed by atoms with Gasteiger partial charge in [-0.15, -0.1) is 0 Å². The van der Waals surface area contributed by atoms with Crippen molar-refractivity contribution >= 4 is 5.84 Å². The third-order valence-electron chi connectivity index (χ3n) is 2.22. The zero-order valence-electron chi connectivity index (χ0n) is 9.64. The number of rotatable bonds is 8. The molecule has 1 atom stereocenters. The smallest absolute Gasteiger partial charge is 0.156 e. The zero-order valence-corrected chi connectivity index (χ0v) is 9.64. The number of nitrogens with two attached hydrogens (primary N) is 1. The number of oxime groups is 1. The van der Waals surface area contributed by atoms with Gasteiger partial charge in [-0.25, -0.2) is 0 Å². The Balaban J connectivity index is 3.60. The maximum Gasteiger partial charge on any atom is 0.156 e. The Morgan fingerprint density at radius 1 is 1.47 bits per heavy atom. The summed E-state index contributed by atoms with van der Waals surface area (Å²) < 4.78 is 10.1. The highest BCUT2D eigenvalue weighted by Crippen LogP contribution is 1.95. The Morgan fingerprint density at radius 2 is 2.13 bits per heavy atom. The average Bonchev–Trinajstić information content (AvgIpc) is 2.26. The third kappa shape index (κ3) is 6.27. The summed E-state index contributed by atoms with van der Waals surface area (Å²) in [5, 5.41) is 11.4. The van der Waals surface area contributed by atoms with E-state index in [2.05, 4.69) is 5.16 Å². The highest BCUT2D eigenvalue weighted by molar-refractivity contribution is 5.84. The minimum absolute atomic E-state index is 0.0963. The molecule has 1 unspecified atom stereocenters. The van der Waals surface area contributed by atoms with Gasteiger partial charge in [-0.05, 0) is 14.0 Å². The molecule has 0 rings (SSSR count). The number of likely N-dealkylation sites (N-methyl/N-ethyl adjacent to an activating group) is 1. The fraction of sp³-hybridized carbons (Fsp3) is 0.889. The van der Waals surface area contributed by atoms with Gasteiger partial charge in [0.2, 0.25) is 0 Å². The molecule has 0 radical (unpaired) electrons. The molecule has 0 fully saturated rings. The van der Waals surface area contributed by atoms with Crippen LogP contribution in [0, 0.1) is 0 Å². The van der Waals surface area contributed by atoms with Crippen LogP contribution in [0.4, 0.5) is 0 Å². The highest BCUT2D eigenvalue weighted by atomic mass is 16.5. The van der Waals surface area contributed by atoms with Crippen molar-refractivity contribution in [2.45, 2.75) is 13.0 Å². The molecular formula is C9H21N3O3. The van der Waals surface area contributed by atoms with Crippen LogP contribution in [0.25, 0.3) is 0 Å². The summed E-state index contributed by atoms with van der Waals surface area (Å²) >= 11 is 0. The molecule has 0 bridgehead atoms. The van der Waals surface area contributed by atoms with Crippen molar-refractivity contribution in [2.75, 3.05) is 40.5 Å². The van der Waals surface area contributed by atoms with Gasteiger partial charge >= 0.3 is 0 Å². The number of amidine groups is 1. The van der Waals surface area contributed by atoms with E-state index in [0.29, 0.717) is 19.8 Å². The van der Waals surface area contributed by atoms with Crippen molar-refractivity contribution in [2.24, 2.45) is 10.9 Å². The zero-order chi connectivity index (χ0) is 11.7. The van der Waals surface area contributed by atoms with Gasteiger partial charge in [0, 0.05) is 13.7 Å². The van der Waals surface area contributed by atoms with Gasteiger partial charge in [0.05, 0.1) is 25.9 Å². The topological polar surface area (TPSA) is 80.3 Å². The van der Waals surface area contributed by atoms with Crippen molar-refractivity contribution in [3.05, 3.63) is 0 Å².